The van der Waals surface area contributed by atoms with Crippen LogP contribution in [0.3, 0.4) is 0 Å². The lowest BCUT2D eigenvalue weighted by molar-refractivity contribution is 0.0342. The summed E-state index contributed by atoms with van der Waals surface area (Å²) in [6.45, 7) is 7.43. The van der Waals surface area contributed by atoms with Crippen molar-refractivity contribution >= 4 is 109 Å². The quantitative estimate of drug-likeness (QED) is 0.137. The Bertz CT molecular complexity index is 5910. The van der Waals surface area contributed by atoms with E-state index < -0.39 is 0 Å². The third-order valence-electron chi connectivity index (χ3n) is 32.0. The molecule has 22 aliphatic carbocycles. The van der Waals surface area contributed by atoms with Crippen LogP contribution in [0.2, 0.25) is 0 Å². The van der Waals surface area contributed by atoms with Gasteiger partial charge in [0.05, 0.1) is 4.75 Å². The Balaban J connectivity index is 0.966. The van der Waals surface area contributed by atoms with Crippen LogP contribution in [0.5, 0.6) is 0 Å². The van der Waals surface area contributed by atoms with Crippen molar-refractivity contribution in [3.63, 3.8) is 0 Å². The number of hydrogen-bond donors (Lipinski definition) is 0. The second-order valence-corrected chi connectivity index (χ2v) is 33.5. The minimum Gasteiger partial charge on any atom is -0.112 e. The lowest BCUT2D eigenvalue weighted by Crippen LogP contribution is -2.62. The Morgan fingerprint density at radius 2 is 0.667 bits per heavy atom. The van der Waals surface area contributed by atoms with E-state index in [4.69, 9.17) is 0 Å². The van der Waals surface area contributed by atoms with Crippen molar-refractivity contribution in [3.8, 4) is 11.1 Å². The Kier molecular flexibility index (Phi) is 2.93. The second kappa shape index (κ2) is 7.15. The molecule has 12 aromatic rings. The fraction of sp³-hybridized carbons (Fsp3) is 0.351. The van der Waals surface area contributed by atoms with Crippen LogP contribution in [0.1, 0.15) is 250 Å². The summed E-state index contributed by atoms with van der Waals surface area (Å²) in [7, 11) is 0. The average molecular weight is 955 g/mol. The smallest absolute Gasteiger partial charge is 0.0645 e. The third kappa shape index (κ3) is 1.77. The predicted octanol–water partition coefficient (Wildman–Crippen LogP) is 17.0. The lowest BCUT2D eigenvalue weighted by Gasteiger charge is -2.65. The SMILES string of the molecule is CC(C)(C)c1ccc2ccc3c(c2c1)SC12c4c5c6c7c8c9c%10c%11c%12c%13c%14c%15c(c%16c%13c%10c7c4-%16)C31C1C%15C3c4c7c%10c%13c%15c%16c%17c%18c%19c%20c%21c%22c%23c(c4c4c%22c%19c%16c%104)C3C%14C%12C%23C%21C%11C9C%20C%18C8C6C%17C%15C5C2C%13C71. The summed E-state index contributed by atoms with van der Waals surface area (Å²) >= 11 is 2.61. The fourth-order valence-electron chi connectivity index (χ4n) is 33.0. The van der Waals surface area contributed by atoms with Gasteiger partial charge < -0.3 is 0 Å². The van der Waals surface area contributed by atoms with Crippen LogP contribution in [0.4, 0.5) is 0 Å². The van der Waals surface area contributed by atoms with Crippen LogP contribution >= 0.6 is 11.8 Å². The van der Waals surface area contributed by atoms with Gasteiger partial charge in [-0.2, -0.15) is 0 Å². The first-order valence-corrected chi connectivity index (χ1v) is 31.3. The fourth-order valence-corrected chi connectivity index (χ4v) is 35.2. The zero-order valence-electron chi connectivity index (χ0n) is 40.8. The number of hydrogen-bond acceptors (Lipinski definition) is 1. The highest BCUT2D eigenvalue weighted by Crippen LogP contribution is 3.01. The molecule has 23 aliphatic rings. The van der Waals surface area contributed by atoms with E-state index in [9.17, 15) is 0 Å². The molecule has 75 heavy (non-hydrogen) atoms. The molecule has 12 aromatic carbocycles. The van der Waals surface area contributed by atoms with E-state index in [1.165, 1.54) is 10.9 Å². The number of rotatable bonds is 0. The summed E-state index contributed by atoms with van der Waals surface area (Å²) in [5.41, 5.74) is 47.9. The summed E-state index contributed by atoms with van der Waals surface area (Å²) in [5, 5.41) is 33.8. The molecule has 0 bridgehead atoms. The molecule has 1 heterocycles. The molecule has 0 amide bonds. The maximum absolute atomic E-state index is 2.89. The highest BCUT2D eigenvalue weighted by molar-refractivity contribution is 8.01. The van der Waals surface area contributed by atoms with Gasteiger partial charge in [0.15, 0.2) is 0 Å². The summed E-state index contributed by atoms with van der Waals surface area (Å²) in [6, 6.07) is 13.4. The maximum Gasteiger partial charge on any atom is 0.0645 e. The van der Waals surface area contributed by atoms with Crippen molar-refractivity contribution in [1.82, 2.24) is 0 Å². The van der Waals surface area contributed by atoms with E-state index in [1.807, 2.05) is 203 Å². The van der Waals surface area contributed by atoms with E-state index in [0.29, 0.717) is 118 Å². The zero-order valence-corrected chi connectivity index (χ0v) is 41.7. The van der Waals surface area contributed by atoms with Gasteiger partial charge in [0, 0.05) is 10.3 Å². The Morgan fingerprint density at radius 1 is 0.333 bits per heavy atom. The molecule has 35 rings (SSSR count). The number of fused-ring (bicyclic) bond motifs is 3. The van der Waals surface area contributed by atoms with E-state index in [0.717, 1.165) is 0 Å². The predicted molar refractivity (Wildman–Crippen MR) is 293 cm³/mol. The first-order valence-electron chi connectivity index (χ1n) is 30.5. The molecule has 1 heteroatoms. The lowest BCUT2D eigenvalue weighted by atomic mass is 9.39. The molecule has 22 unspecified atom stereocenters. The van der Waals surface area contributed by atoms with Gasteiger partial charge in [-0.05, 0) is 360 Å². The van der Waals surface area contributed by atoms with Crippen LogP contribution in [-0.2, 0) is 15.6 Å². The van der Waals surface area contributed by atoms with Gasteiger partial charge in [-0.1, -0.05) is 45.0 Å². The van der Waals surface area contributed by atoms with Gasteiger partial charge >= 0.3 is 0 Å². The van der Waals surface area contributed by atoms with Crippen molar-refractivity contribution in [1.29, 1.82) is 0 Å². The van der Waals surface area contributed by atoms with Gasteiger partial charge in [0.25, 0.3) is 0 Å². The van der Waals surface area contributed by atoms with E-state index in [2.05, 4.69) is 74.0 Å². The van der Waals surface area contributed by atoms with Gasteiger partial charge in [-0.15, -0.1) is 11.8 Å². The molecule has 0 nitrogen and oxygen atoms in total. The molecule has 0 aromatic heterocycles. The van der Waals surface area contributed by atoms with Gasteiger partial charge in [0.1, 0.15) is 0 Å². The van der Waals surface area contributed by atoms with Crippen molar-refractivity contribution < 1.29 is 0 Å². The minimum absolute atomic E-state index is 0.00883. The van der Waals surface area contributed by atoms with Gasteiger partial charge in [-0.3, -0.25) is 0 Å². The highest BCUT2D eigenvalue weighted by Gasteiger charge is 2.89. The number of benzene rings is 11. The van der Waals surface area contributed by atoms with Crippen LogP contribution in [0, 0.1) is 11.8 Å². The molecule has 1 saturated carbocycles. The van der Waals surface area contributed by atoms with E-state index in [1.54, 1.807) is 10.3 Å². The molecular formula is C74H34S. The molecule has 0 saturated heterocycles. The van der Waals surface area contributed by atoms with Gasteiger partial charge in [0.2, 0.25) is 0 Å². The maximum atomic E-state index is 2.89. The summed E-state index contributed by atoms with van der Waals surface area (Å²) in [5.74, 6) is 13.0. The van der Waals surface area contributed by atoms with Crippen molar-refractivity contribution in [2.75, 3.05) is 0 Å². The van der Waals surface area contributed by atoms with Gasteiger partial charge in [-0.25, -0.2) is 0 Å². The Morgan fingerprint density at radius 3 is 1.13 bits per heavy atom. The standard InChI is InChI=1S/C74H34S/c1-72(2,3)10-6-4-9-5-7-12-71(11(9)8-10)75-74-69-63-57-47-35-27-19-15-13-14-17-21(19)29(35)39-33-25(17)26-18(14)22-20-16(13)24-23(15)31-37(27)45-51-41(31)42-32(24)38-28(20)36-30(22)40-34(26)44-43(33)55(49(39)57)65(69)66-56(44)50(40)58-48(36)54-46(38)52(42)60-59(51)67(61(63)53(45)47)73(12,74)68(60)62(54)64(58)70(66)74/h4-8,15,17,19,21,23,25,31,33,41-44,52,56,60,62,64,66,68,70H,1-3H3. The van der Waals surface area contributed by atoms with Crippen molar-refractivity contribution in [3.05, 3.63) is 153 Å². The summed E-state index contributed by atoms with van der Waals surface area (Å²) < 4.78 is 0.00883. The average Bonchev–Trinajstić information content (AvgIpc) is 1.58. The Hall–Kier alpha value is -5.89. The Labute approximate surface area is 429 Å². The first-order chi connectivity index (χ1) is 37.0. The van der Waals surface area contributed by atoms with Crippen molar-refractivity contribution in [2.45, 2.75) is 148 Å². The van der Waals surface area contributed by atoms with Crippen LogP contribution in [-0.4, -0.2) is 0 Å². The van der Waals surface area contributed by atoms with Crippen molar-refractivity contribution in [2.24, 2.45) is 11.8 Å². The van der Waals surface area contributed by atoms with Crippen LogP contribution in [0.15, 0.2) is 35.2 Å². The molecule has 1 aliphatic heterocycles. The molecule has 2 spiro atoms. The normalized spacial score (nSPS) is 45.9. The molecule has 0 radical (unpaired) electrons. The monoisotopic (exact) mass is 954 g/mol. The molecule has 1 fully saturated rings. The number of thioether (sulfide) groups is 1. The highest BCUT2D eigenvalue weighted by atomic mass is 32.2. The summed E-state index contributed by atoms with van der Waals surface area (Å²) in [6.07, 6.45) is 0. The first kappa shape index (κ1) is 30.7. The molecule has 0 N–H and O–H groups in total. The van der Waals surface area contributed by atoms with E-state index >= 15 is 0 Å². The molecule has 336 valence electrons. The topological polar surface area (TPSA) is 0 Å². The zero-order chi connectivity index (χ0) is 45.1. The molecule has 22 atom stereocenters. The minimum atomic E-state index is -0.0214. The largest absolute Gasteiger partial charge is 0.112 e. The second-order valence-electron chi connectivity index (χ2n) is 32.2. The van der Waals surface area contributed by atoms with E-state index in [-0.39, 0.29) is 15.6 Å². The third-order valence-corrected chi connectivity index (χ3v) is 33.8. The molecular weight excluding hydrogens is 921 g/mol. The van der Waals surface area contributed by atoms with Crippen LogP contribution < -0.4 is 0 Å². The van der Waals surface area contributed by atoms with Crippen LogP contribution in [0.25, 0.3) is 108 Å². The summed E-state index contributed by atoms with van der Waals surface area (Å²) in [4.78, 5) is 1.75.